The number of primary sulfonamides is 1. The van der Waals surface area contributed by atoms with E-state index in [0.29, 0.717) is 0 Å². The fourth-order valence-corrected chi connectivity index (χ4v) is 4.63. The van der Waals surface area contributed by atoms with Crippen molar-refractivity contribution in [3.63, 3.8) is 0 Å². The summed E-state index contributed by atoms with van der Waals surface area (Å²) in [6.07, 6.45) is -0.264. The van der Waals surface area contributed by atoms with E-state index in [1.165, 1.54) is 41.3 Å². The van der Waals surface area contributed by atoms with Gasteiger partial charge in [0.05, 0.1) is 23.0 Å². The first-order valence-electron chi connectivity index (χ1n) is 10.7. The Hall–Kier alpha value is -3.89. The molecule has 180 valence electrons. The maximum atomic E-state index is 13.5. The lowest BCUT2D eigenvalue weighted by Gasteiger charge is -2.33. The minimum Gasteiger partial charge on any atom is -0.319 e. The Kier molecular flexibility index (Phi) is 6.51. The highest BCUT2D eigenvalue weighted by Gasteiger charge is 2.46. The van der Waals surface area contributed by atoms with Crippen LogP contribution in [0.2, 0.25) is 0 Å². The molecule has 10 heteroatoms. The number of hydrogen-bond donors (Lipinski definition) is 1. The molecule has 2 atom stereocenters. The number of carbonyl (C=O) groups is 3. The molecule has 8 nitrogen and oxygen atoms in total. The average Bonchev–Trinajstić information content (AvgIpc) is 3.13. The van der Waals surface area contributed by atoms with Gasteiger partial charge in [0.15, 0.2) is 0 Å². The molecule has 1 aliphatic rings. The molecule has 0 bridgehead atoms. The number of benzene rings is 3. The predicted octanol–water partition coefficient (Wildman–Crippen LogP) is 3.01. The molecule has 0 radical (unpaired) electrons. The van der Waals surface area contributed by atoms with E-state index in [0.717, 1.165) is 22.6 Å². The molecule has 1 aliphatic heterocycles. The summed E-state index contributed by atoms with van der Waals surface area (Å²) in [5.74, 6) is -2.21. The standard InChI is InChI=1S/C25H22FN3O5S/c1-16(17-5-3-2-4-6-17)28(24(31)18-7-9-19(26)10-8-18)22-15-23(30)29(25(22)32)20-11-13-21(14-12-20)35(27,33)34/h2-14,16,22H,15H2,1H3,(H2,27,33,34). The normalized spacial score (nSPS) is 16.9. The van der Waals surface area contributed by atoms with Crippen molar-refractivity contribution < 1.29 is 27.2 Å². The van der Waals surface area contributed by atoms with E-state index in [1.807, 2.05) is 6.07 Å². The van der Waals surface area contributed by atoms with Gasteiger partial charge in [0.2, 0.25) is 15.9 Å². The first-order valence-corrected chi connectivity index (χ1v) is 12.3. The number of hydrogen-bond acceptors (Lipinski definition) is 5. The molecule has 0 aromatic heterocycles. The third-order valence-electron chi connectivity index (χ3n) is 5.91. The van der Waals surface area contributed by atoms with Gasteiger partial charge in [-0.3, -0.25) is 14.4 Å². The van der Waals surface area contributed by atoms with Gasteiger partial charge in [0, 0.05) is 5.56 Å². The van der Waals surface area contributed by atoms with Crippen molar-refractivity contribution in [2.24, 2.45) is 5.14 Å². The molecule has 3 amide bonds. The molecule has 0 spiro atoms. The number of carbonyl (C=O) groups excluding carboxylic acids is 3. The van der Waals surface area contributed by atoms with E-state index in [-0.39, 0.29) is 22.6 Å². The van der Waals surface area contributed by atoms with Gasteiger partial charge in [-0.2, -0.15) is 0 Å². The summed E-state index contributed by atoms with van der Waals surface area (Å²) in [7, 11) is -3.95. The highest BCUT2D eigenvalue weighted by Crippen LogP contribution is 2.32. The lowest BCUT2D eigenvalue weighted by atomic mass is 10.0. The predicted molar refractivity (Wildman–Crippen MR) is 126 cm³/mol. The van der Waals surface area contributed by atoms with Crippen LogP contribution >= 0.6 is 0 Å². The van der Waals surface area contributed by atoms with Crippen LogP contribution in [0.3, 0.4) is 0 Å². The van der Waals surface area contributed by atoms with Gasteiger partial charge in [-0.1, -0.05) is 30.3 Å². The molecule has 3 aromatic rings. The molecule has 2 N–H and O–H groups in total. The number of imide groups is 1. The fourth-order valence-electron chi connectivity index (χ4n) is 4.11. The third-order valence-corrected chi connectivity index (χ3v) is 6.84. The zero-order chi connectivity index (χ0) is 25.3. The first-order chi connectivity index (χ1) is 16.6. The summed E-state index contributed by atoms with van der Waals surface area (Å²) in [6.45, 7) is 1.75. The molecular formula is C25H22FN3O5S. The van der Waals surface area contributed by atoms with E-state index in [2.05, 4.69) is 0 Å². The average molecular weight is 496 g/mol. The number of halogens is 1. The Bertz CT molecular complexity index is 1380. The Morgan fingerprint density at radius 1 is 1.00 bits per heavy atom. The zero-order valence-electron chi connectivity index (χ0n) is 18.7. The molecule has 4 rings (SSSR count). The van der Waals surface area contributed by atoms with Crippen LogP contribution in [0.25, 0.3) is 0 Å². The molecule has 3 aromatic carbocycles. The SMILES string of the molecule is CC(c1ccccc1)N(C(=O)c1ccc(F)cc1)C1CC(=O)N(c2ccc(S(N)(=O)=O)cc2)C1=O. The van der Waals surface area contributed by atoms with Crippen molar-refractivity contribution in [1.82, 2.24) is 4.90 Å². The molecule has 35 heavy (non-hydrogen) atoms. The van der Waals surface area contributed by atoms with Gasteiger partial charge in [-0.15, -0.1) is 0 Å². The number of nitrogens with two attached hydrogens (primary N) is 1. The number of sulfonamides is 1. The minimum absolute atomic E-state index is 0.163. The number of amides is 3. The van der Waals surface area contributed by atoms with E-state index in [4.69, 9.17) is 5.14 Å². The van der Waals surface area contributed by atoms with E-state index >= 15 is 0 Å². The molecule has 1 fully saturated rings. The second kappa shape index (κ2) is 9.40. The molecule has 2 unspecified atom stereocenters. The number of anilines is 1. The van der Waals surface area contributed by atoms with E-state index < -0.39 is 45.6 Å². The van der Waals surface area contributed by atoms with Crippen molar-refractivity contribution in [2.45, 2.75) is 30.3 Å². The van der Waals surface area contributed by atoms with Crippen LogP contribution in [0, 0.1) is 5.82 Å². The monoisotopic (exact) mass is 495 g/mol. The Balaban J connectivity index is 1.71. The highest BCUT2D eigenvalue weighted by atomic mass is 32.2. The number of rotatable bonds is 6. The summed E-state index contributed by atoms with van der Waals surface area (Å²) in [5.41, 5.74) is 1.08. The first kappa shape index (κ1) is 24.2. The second-order valence-electron chi connectivity index (χ2n) is 8.13. The van der Waals surface area contributed by atoms with Crippen LogP contribution in [0.4, 0.5) is 10.1 Å². The van der Waals surface area contributed by atoms with Crippen LogP contribution < -0.4 is 10.0 Å². The van der Waals surface area contributed by atoms with Crippen LogP contribution in [-0.2, 0) is 19.6 Å². The van der Waals surface area contributed by atoms with Crippen molar-refractivity contribution in [3.8, 4) is 0 Å². The fraction of sp³-hybridized carbons (Fsp3) is 0.160. The maximum absolute atomic E-state index is 13.5. The van der Waals surface area contributed by atoms with Gasteiger partial charge in [0.1, 0.15) is 11.9 Å². The Labute approximate surface area is 201 Å². The summed E-state index contributed by atoms with van der Waals surface area (Å²) in [6, 6.07) is 17.3. The summed E-state index contributed by atoms with van der Waals surface area (Å²) < 4.78 is 36.5. The highest BCUT2D eigenvalue weighted by molar-refractivity contribution is 7.89. The lowest BCUT2D eigenvalue weighted by molar-refractivity contribution is -0.122. The quantitative estimate of drug-likeness (QED) is 0.528. The van der Waals surface area contributed by atoms with Crippen LogP contribution in [0.1, 0.15) is 35.3 Å². The Morgan fingerprint density at radius 3 is 2.17 bits per heavy atom. The van der Waals surface area contributed by atoms with Crippen molar-refractivity contribution in [1.29, 1.82) is 0 Å². The summed E-state index contributed by atoms with van der Waals surface area (Å²) in [4.78, 5) is 42.0. The van der Waals surface area contributed by atoms with Gasteiger partial charge in [-0.05, 0) is 61.0 Å². The van der Waals surface area contributed by atoms with Crippen LogP contribution in [0.15, 0.2) is 83.8 Å². The summed E-state index contributed by atoms with van der Waals surface area (Å²) in [5, 5.41) is 5.12. The van der Waals surface area contributed by atoms with Crippen molar-refractivity contribution >= 4 is 33.4 Å². The second-order valence-corrected chi connectivity index (χ2v) is 9.69. The summed E-state index contributed by atoms with van der Waals surface area (Å²) >= 11 is 0. The molecule has 1 heterocycles. The molecule has 0 saturated carbocycles. The van der Waals surface area contributed by atoms with Crippen molar-refractivity contribution in [2.75, 3.05) is 4.90 Å². The van der Waals surface area contributed by atoms with E-state index in [9.17, 15) is 27.2 Å². The minimum atomic E-state index is -3.95. The van der Waals surface area contributed by atoms with Crippen LogP contribution in [0.5, 0.6) is 0 Å². The lowest BCUT2D eigenvalue weighted by Crippen LogP contribution is -2.46. The van der Waals surface area contributed by atoms with Crippen molar-refractivity contribution in [3.05, 3.63) is 95.8 Å². The van der Waals surface area contributed by atoms with Gasteiger partial charge < -0.3 is 4.90 Å². The van der Waals surface area contributed by atoms with Gasteiger partial charge >= 0.3 is 0 Å². The molecule has 1 saturated heterocycles. The zero-order valence-corrected chi connectivity index (χ0v) is 19.5. The smallest absolute Gasteiger partial charge is 0.257 e. The third kappa shape index (κ3) is 4.84. The van der Waals surface area contributed by atoms with Gasteiger partial charge in [0.25, 0.3) is 11.8 Å². The topological polar surface area (TPSA) is 118 Å². The maximum Gasteiger partial charge on any atom is 0.257 e. The largest absolute Gasteiger partial charge is 0.319 e. The Morgan fingerprint density at radius 2 is 1.60 bits per heavy atom. The molecule has 0 aliphatic carbocycles. The van der Waals surface area contributed by atoms with Gasteiger partial charge in [-0.25, -0.2) is 22.8 Å². The van der Waals surface area contributed by atoms with E-state index in [1.54, 1.807) is 31.2 Å². The molecular weight excluding hydrogens is 473 g/mol. The number of nitrogens with zero attached hydrogens (tertiary/aromatic N) is 2. The van der Waals surface area contributed by atoms with Crippen LogP contribution in [-0.4, -0.2) is 37.1 Å².